The summed E-state index contributed by atoms with van der Waals surface area (Å²) in [6.45, 7) is 4.49. The highest BCUT2D eigenvalue weighted by atomic mass is 32.2. The Morgan fingerprint density at radius 3 is 2.91 bits per heavy atom. The molecule has 0 radical (unpaired) electrons. The molecule has 1 aliphatic heterocycles. The molecule has 8 nitrogen and oxygen atoms in total. The van der Waals surface area contributed by atoms with Crippen LogP contribution in [-0.4, -0.2) is 50.9 Å². The summed E-state index contributed by atoms with van der Waals surface area (Å²) >= 11 is 2.93. The van der Waals surface area contributed by atoms with Crippen LogP contribution in [0, 0.1) is 12.8 Å². The summed E-state index contributed by atoms with van der Waals surface area (Å²) in [4.78, 5) is 25.8. The van der Waals surface area contributed by atoms with Crippen molar-refractivity contribution in [3.63, 3.8) is 0 Å². The zero-order chi connectivity index (χ0) is 16.4. The molecule has 1 fully saturated rings. The van der Waals surface area contributed by atoms with Crippen molar-refractivity contribution in [2.24, 2.45) is 5.92 Å². The lowest BCUT2D eigenvalue weighted by atomic mass is 9.99. The Hall–Kier alpha value is -1.94. The summed E-state index contributed by atoms with van der Waals surface area (Å²) in [6.07, 6.45) is 0. The number of hydrogen-bond donors (Lipinski definition) is 1. The van der Waals surface area contributed by atoms with Gasteiger partial charge in [-0.3, -0.25) is 9.59 Å². The summed E-state index contributed by atoms with van der Waals surface area (Å²) in [5.41, 5.74) is 0.270. The van der Waals surface area contributed by atoms with Crippen LogP contribution in [0.3, 0.4) is 0 Å². The van der Waals surface area contributed by atoms with Gasteiger partial charge in [0.1, 0.15) is 5.76 Å². The third-order valence-corrected chi connectivity index (χ3v) is 5.15. The van der Waals surface area contributed by atoms with Gasteiger partial charge in [-0.05, 0) is 12.7 Å². The highest BCUT2D eigenvalue weighted by Gasteiger charge is 2.37. The molecule has 10 heteroatoms. The van der Waals surface area contributed by atoms with Gasteiger partial charge in [0.05, 0.1) is 5.92 Å². The van der Waals surface area contributed by atoms with Gasteiger partial charge < -0.3 is 14.7 Å². The first-order valence-electron chi connectivity index (χ1n) is 7.06. The lowest BCUT2D eigenvalue weighted by molar-refractivity contribution is -0.123. The third kappa shape index (κ3) is 3.53. The molecule has 23 heavy (non-hydrogen) atoms. The van der Waals surface area contributed by atoms with Gasteiger partial charge in [0, 0.05) is 19.2 Å². The summed E-state index contributed by atoms with van der Waals surface area (Å²) in [6, 6.07) is 1.59. The van der Waals surface area contributed by atoms with Crippen LogP contribution in [0.15, 0.2) is 14.9 Å². The summed E-state index contributed by atoms with van der Waals surface area (Å²) in [5.74, 6) is 0.889. The molecule has 3 rings (SSSR count). The molecule has 1 saturated heterocycles. The molecular formula is C13H15N5O3S2. The fraction of sp³-hybridized carbons (Fsp3) is 0.462. The van der Waals surface area contributed by atoms with Crippen molar-refractivity contribution in [1.29, 1.82) is 0 Å². The third-order valence-electron chi connectivity index (χ3n) is 3.29. The zero-order valence-corrected chi connectivity index (χ0v) is 14.2. The number of likely N-dealkylation sites (tertiary alicyclic amines) is 1. The van der Waals surface area contributed by atoms with Gasteiger partial charge in [-0.15, -0.1) is 10.2 Å². The van der Waals surface area contributed by atoms with Crippen molar-refractivity contribution in [2.45, 2.75) is 18.2 Å². The molecule has 1 N–H and O–H groups in total. The molecule has 1 aliphatic rings. The summed E-state index contributed by atoms with van der Waals surface area (Å²) in [7, 11) is 0. The second-order valence-corrected chi connectivity index (χ2v) is 7.51. The Bertz CT molecular complexity index is 723. The lowest BCUT2D eigenvalue weighted by Crippen LogP contribution is -2.54. The van der Waals surface area contributed by atoms with Crippen LogP contribution in [0.2, 0.25) is 0 Å². The van der Waals surface area contributed by atoms with Crippen molar-refractivity contribution in [1.82, 2.24) is 20.3 Å². The van der Waals surface area contributed by atoms with Crippen LogP contribution in [0.1, 0.15) is 23.2 Å². The predicted octanol–water partition coefficient (Wildman–Crippen LogP) is 1.66. The minimum atomic E-state index is -0.238. The number of anilines is 1. The van der Waals surface area contributed by atoms with E-state index in [9.17, 15) is 9.59 Å². The fourth-order valence-corrected chi connectivity index (χ4v) is 3.74. The van der Waals surface area contributed by atoms with Crippen LogP contribution >= 0.6 is 23.1 Å². The van der Waals surface area contributed by atoms with E-state index < -0.39 is 0 Å². The van der Waals surface area contributed by atoms with E-state index in [0.29, 0.717) is 24.0 Å². The van der Waals surface area contributed by atoms with Crippen LogP contribution in [0.4, 0.5) is 5.13 Å². The van der Waals surface area contributed by atoms with E-state index in [4.69, 9.17) is 4.52 Å². The van der Waals surface area contributed by atoms with E-state index >= 15 is 0 Å². The molecule has 0 aliphatic carbocycles. The topological polar surface area (TPSA) is 101 Å². The maximum atomic E-state index is 12.1. The summed E-state index contributed by atoms with van der Waals surface area (Å²) < 4.78 is 5.72. The normalized spacial score (nSPS) is 14.6. The van der Waals surface area contributed by atoms with E-state index in [2.05, 4.69) is 20.7 Å². The van der Waals surface area contributed by atoms with Gasteiger partial charge >= 0.3 is 0 Å². The van der Waals surface area contributed by atoms with Crippen LogP contribution in [0.5, 0.6) is 0 Å². The second kappa shape index (κ2) is 6.67. The van der Waals surface area contributed by atoms with Gasteiger partial charge in [-0.25, -0.2) is 0 Å². The highest BCUT2D eigenvalue weighted by Crippen LogP contribution is 2.26. The second-order valence-electron chi connectivity index (χ2n) is 5.03. The van der Waals surface area contributed by atoms with Crippen LogP contribution in [0.25, 0.3) is 0 Å². The number of nitrogens with zero attached hydrogens (tertiary/aromatic N) is 4. The predicted molar refractivity (Wildman–Crippen MR) is 85.6 cm³/mol. The van der Waals surface area contributed by atoms with Crippen LogP contribution in [-0.2, 0) is 4.79 Å². The Morgan fingerprint density at radius 1 is 1.48 bits per heavy atom. The molecule has 3 heterocycles. The summed E-state index contributed by atoms with van der Waals surface area (Å²) in [5, 5.41) is 14.8. The number of aromatic nitrogens is 3. The minimum absolute atomic E-state index is 0.144. The Balaban J connectivity index is 1.50. The quantitative estimate of drug-likeness (QED) is 0.644. The molecule has 2 amide bonds. The van der Waals surface area contributed by atoms with Crippen molar-refractivity contribution < 1.29 is 14.1 Å². The minimum Gasteiger partial charge on any atom is -0.361 e. The molecule has 0 aromatic carbocycles. The Morgan fingerprint density at radius 2 is 2.26 bits per heavy atom. The number of amides is 2. The Kier molecular flexibility index (Phi) is 4.62. The van der Waals surface area contributed by atoms with Gasteiger partial charge in [0.25, 0.3) is 5.91 Å². The van der Waals surface area contributed by atoms with Crippen molar-refractivity contribution in [3.8, 4) is 0 Å². The van der Waals surface area contributed by atoms with Gasteiger partial charge in [-0.1, -0.05) is 35.2 Å². The molecule has 2 aromatic heterocycles. The van der Waals surface area contributed by atoms with E-state index in [1.165, 1.54) is 11.3 Å². The van der Waals surface area contributed by atoms with Gasteiger partial charge in [0.2, 0.25) is 11.0 Å². The van der Waals surface area contributed by atoms with E-state index in [1.807, 2.05) is 6.92 Å². The lowest BCUT2D eigenvalue weighted by Gasteiger charge is -2.37. The molecular weight excluding hydrogens is 338 g/mol. The van der Waals surface area contributed by atoms with E-state index in [-0.39, 0.29) is 23.4 Å². The Labute approximate surface area is 140 Å². The maximum absolute atomic E-state index is 12.1. The fourth-order valence-electron chi connectivity index (χ4n) is 2.09. The monoisotopic (exact) mass is 353 g/mol. The number of rotatable bonds is 5. The molecule has 122 valence electrons. The molecule has 0 spiro atoms. The molecule has 2 aromatic rings. The average Bonchev–Trinajstić information content (AvgIpc) is 3.07. The van der Waals surface area contributed by atoms with Crippen molar-refractivity contribution in [2.75, 3.05) is 24.2 Å². The molecule has 0 saturated carbocycles. The number of aryl methyl sites for hydroxylation is 1. The number of carbonyl (C=O) groups excluding carboxylic acids is 2. The van der Waals surface area contributed by atoms with E-state index in [0.717, 1.165) is 10.1 Å². The van der Waals surface area contributed by atoms with Crippen LogP contribution < -0.4 is 5.32 Å². The number of nitrogens with one attached hydrogen (secondary N) is 1. The standard InChI is InChI=1S/C13H15N5O3S2/c1-3-22-13-16-15-12(23-13)14-10(19)8-5-18(6-8)11(20)9-4-7(2)21-17-9/h4,8H,3,5-6H2,1-2H3,(H,14,15,19). The van der Waals surface area contributed by atoms with Gasteiger partial charge in [-0.2, -0.15) is 0 Å². The van der Waals surface area contributed by atoms with Gasteiger partial charge in [0.15, 0.2) is 10.0 Å². The number of thioether (sulfide) groups is 1. The largest absolute Gasteiger partial charge is 0.361 e. The van der Waals surface area contributed by atoms with Crippen molar-refractivity contribution >= 4 is 40.0 Å². The van der Waals surface area contributed by atoms with E-state index in [1.54, 1.807) is 29.7 Å². The smallest absolute Gasteiger partial charge is 0.276 e. The number of hydrogen-bond acceptors (Lipinski definition) is 8. The first-order valence-corrected chi connectivity index (χ1v) is 8.86. The average molecular weight is 353 g/mol. The first-order chi connectivity index (χ1) is 11.1. The molecule has 0 unspecified atom stereocenters. The SMILES string of the molecule is CCSc1nnc(NC(=O)C2CN(C(=O)c3cc(C)on3)C2)s1. The van der Waals surface area contributed by atoms with Crippen molar-refractivity contribution in [3.05, 3.63) is 17.5 Å². The zero-order valence-electron chi connectivity index (χ0n) is 12.6. The molecule has 0 bridgehead atoms. The molecule has 0 atom stereocenters. The highest BCUT2D eigenvalue weighted by molar-refractivity contribution is 8.01. The number of carbonyl (C=O) groups is 2. The first kappa shape index (κ1) is 15.9. The maximum Gasteiger partial charge on any atom is 0.276 e.